The van der Waals surface area contributed by atoms with Gasteiger partial charge in [-0.1, -0.05) is 0 Å². The van der Waals surface area contributed by atoms with Crippen molar-refractivity contribution in [3.8, 4) is 11.5 Å². The average molecular weight is 219 g/mol. The average Bonchev–Trinajstić information content (AvgIpc) is 2.82. The van der Waals surface area contributed by atoms with Crippen molar-refractivity contribution in [3.05, 3.63) is 23.3 Å². The van der Waals surface area contributed by atoms with Gasteiger partial charge in [-0.15, -0.1) is 0 Å². The molecule has 1 aliphatic carbocycles. The molecule has 86 valence electrons. The Morgan fingerprint density at radius 1 is 1.44 bits per heavy atom. The lowest BCUT2D eigenvalue weighted by Gasteiger charge is -2.14. The van der Waals surface area contributed by atoms with Crippen LogP contribution in [0.4, 0.5) is 0 Å². The van der Waals surface area contributed by atoms with Crippen molar-refractivity contribution >= 4 is 0 Å². The number of methoxy groups -OCH3 is 1. The van der Waals surface area contributed by atoms with Gasteiger partial charge in [0.1, 0.15) is 11.5 Å². The summed E-state index contributed by atoms with van der Waals surface area (Å²) >= 11 is 0. The predicted octanol–water partition coefficient (Wildman–Crippen LogP) is 1.66. The van der Waals surface area contributed by atoms with Crippen molar-refractivity contribution in [2.75, 3.05) is 13.7 Å². The second-order valence-electron chi connectivity index (χ2n) is 4.91. The van der Waals surface area contributed by atoms with Gasteiger partial charge in [0.2, 0.25) is 0 Å². The quantitative estimate of drug-likeness (QED) is 0.841. The molecule has 0 saturated heterocycles. The van der Waals surface area contributed by atoms with Crippen LogP contribution in [0.15, 0.2) is 12.1 Å². The minimum atomic E-state index is 0.0140. The second kappa shape index (κ2) is 3.39. The maximum atomic E-state index is 6.15. The van der Waals surface area contributed by atoms with Crippen molar-refractivity contribution in [2.45, 2.75) is 31.2 Å². The van der Waals surface area contributed by atoms with Crippen LogP contribution in [-0.4, -0.2) is 19.3 Å². The van der Waals surface area contributed by atoms with Gasteiger partial charge in [-0.3, -0.25) is 0 Å². The van der Waals surface area contributed by atoms with E-state index in [9.17, 15) is 0 Å². The van der Waals surface area contributed by atoms with Crippen molar-refractivity contribution < 1.29 is 9.47 Å². The molecule has 0 unspecified atom stereocenters. The first-order valence-electron chi connectivity index (χ1n) is 5.82. The Bertz CT molecular complexity index is 424. The summed E-state index contributed by atoms with van der Waals surface area (Å²) in [7, 11) is 1.72. The molecule has 3 rings (SSSR count). The van der Waals surface area contributed by atoms with Crippen LogP contribution in [0.5, 0.6) is 11.5 Å². The molecule has 16 heavy (non-hydrogen) atoms. The highest BCUT2D eigenvalue weighted by molar-refractivity contribution is 5.49. The van der Waals surface area contributed by atoms with Gasteiger partial charge >= 0.3 is 0 Å². The second-order valence-corrected chi connectivity index (χ2v) is 4.91. The van der Waals surface area contributed by atoms with Crippen LogP contribution in [0.2, 0.25) is 0 Å². The molecule has 3 heteroatoms. The summed E-state index contributed by atoms with van der Waals surface area (Å²) in [6.45, 7) is 0.787. The number of nitrogens with two attached hydrogens (primary N) is 1. The Morgan fingerprint density at radius 2 is 2.25 bits per heavy atom. The standard InChI is InChI=1S/C13H17NO2/c1-15-11-6-9-2-5-16-12(9)7-10(11)8-13(14)3-4-13/h6-7H,2-5,8,14H2,1H3. The minimum Gasteiger partial charge on any atom is -0.496 e. The Kier molecular flexibility index (Phi) is 2.11. The van der Waals surface area contributed by atoms with E-state index in [0.717, 1.165) is 43.8 Å². The van der Waals surface area contributed by atoms with Gasteiger partial charge < -0.3 is 15.2 Å². The number of fused-ring (bicyclic) bond motifs is 1. The Labute approximate surface area is 95.5 Å². The fourth-order valence-corrected chi connectivity index (χ4v) is 2.29. The van der Waals surface area contributed by atoms with E-state index < -0.39 is 0 Å². The van der Waals surface area contributed by atoms with Gasteiger partial charge in [0.15, 0.2) is 0 Å². The number of rotatable bonds is 3. The molecule has 1 aliphatic heterocycles. The van der Waals surface area contributed by atoms with E-state index in [-0.39, 0.29) is 5.54 Å². The van der Waals surface area contributed by atoms with Crippen molar-refractivity contribution in [2.24, 2.45) is 5.73 Å². The molecule has 3 nitrogen and oxygen atoms in total. The lowest BCUT2D eigenvalue weighted by Crippen LogP contribution is -2.24. The van der Waals surface area contributed by atoms with Crippen LogP contribution in [0.3, 0.4) is 0 Å². The number of hydrogen-bond acceptors (Lipinski definition) is 3. The zero-order valence-corrected chi connectivity index (χ0v) is 9.58. The zero-order chi connectivity index (χ0) is 11.2. The van der Waals surface area contributed by atoms with E-state index in [1.165, 1.54) is 11.1 Å². The van der Waals surface area contributed by atoms with Gasteiger partial charge in [0, 0.05) is 17.5 Å². The molecule has 1 aromatic carbocycles. The summed E-state index contributed by atoms with van der Waals surface area (Å²) in [4.78, 5) is 0. The van der Waals surface area contributed by atoms with Gasteiger partial charge in [-0.2, -0.15) is 0 Å². The van der Waals surface area contributed by atoms with Gasteiger partial charge in [-0.25, -0.2) is 0 Å². The number of ether oxygens (including phenoxy) is 2. The lowest BCUT2D eigenvalue weighted by molar-refractivity contribution is 0.355. The molecule has 0 spiro atoms. The fourth-order valence-electron chi connectivity index (χ4n) is 2.29. The molecule has 0 radical (unpaired) electrons. The van der Waals surface area contributed by atoms with Crippen LogP contribution in [0, 0.1) is 0 Å². The van der Waals surface area contributed by atoms with Crippen molar-refractivity contribution in [1.82, 2.24) is 0 Å². The topological polar surface area (TPSA) is 44.5 Å². The van der Waals surface area contributed by atoms with Crippen LogP contribution in [0.25, 0.3) is 0 Å². The third-order valence-electron chi connectivity index (χ3n) is 3.53. The van der Waals surface area contributed by atoms with E-state index >= 15 is 0 Å². The molecule has 0 bridgehead atoms. The molecule has 1 saturated carbocycles. The predicted molar refractivity (Wildman–Crippen MR) is 62.0 cm³/mol. The SMILES string of the molecule is COc1cc2c(cc1CC1(N)CC1)OCC2. The summed E-state index contributed by atoms with van der Waals surface area (Å²) in [5.74, 6) is 1.97. The number of hydrogen-bond donors (Lipinski definition) is 1. The molecular formula is C13H17NO2. The first-order chi connectivity index (χ1) is 7.70. The summed E-state index contributed by atoms with van der Waals surface area (Å²) in [5.41, 5.74) is 8.60. The minimum absolute atomic E-state index is 0.0140. The summed E-state index contributed by atoms with van der Waals surface area (Å²) in [6.07, 6.45) is 4.12. The van der Waals surface area contributed by atoms with Crippen LogP contribution in [0.1, 0.15) is 24.0 Å². The Morgan fingerprint density at radius 3 is 2.94 bits per heavy atom. The van der Waals surface area contributed by atoms with E-state index in [0.29, 0.717) is 0 Å². The van der Waals surface area contributed by atoms with Gasteiger partial charge in [0.25, 0.3) is 0 Å². The maximum absolute atomic E-state index is 6.15. The number of benzene rings is 1. The maximum Gasteiger partial charge on any atom is 0.123 e. The lowest BCUT2D eigenvalue weighted by atomic mass is 10.0. The molecule has 0 amide bonds. The first kappa shape index (κ1) is 9.97. The van der Waals surface area contributed by atoms with E-state index in [2.05, 4.69) is 12.1 Å². The molecule has 1 fully saturated rings. The third kappa shape index (κ3) is 1.65. The van der Waals surface area contributed by atoms with Crippen LogP contribution >= 0.6 is 0 Å². The Hall–Kier alpha value is -1.22. The monoisotopic (exact) mass is 219 g/mol. The largest absolute Gasteiger partial charge is 0.496 e. The van der Waals surface area contributed by atoms with Gasteiger partial charge in [0.05, 0.1) is 13.7 Å². The van der Waals surface area contributed by atoms with Crippen molar-refractivity contribution in [3.63, 3.8) is 0 Å². The van der Waals surface area contributed by atoms with Crippen LogP contribution in [-0.2, 0) is 12.8 Å². The normalized spacial score (nSPS) is 20.1. The molecule has 0 aromatic heterocycles. The van der Waals surface area contributed by atoms with Crippen LogP contribution < -0.4 is 15.2 Å². The zero-order valence-electron chi connectivity index (χ0n) is 9.58. The molecule has 0 atom stereocenters. The highest BCUT2D eigenvalue weighted by Gasteiger charge is 2.39. The van der Waals surface area contributed by atoms with E-state index in [1.54, 1.807) is 7.11 Å². The van der Waals surface area contributed by atoms with Gasteiger partial charge in [-0.05, 0) is 37.0 Å². The fraction of sp³-hybridized carbons (Fsp3) is 0.538. The highest BCUT2D eigenvalue weighted by atomic mass is 16.5. The molecule has 2 N–H and O–H groups in total. The first-order valence-corrected chi connectivity index (χ1v) is 5.82. The molecule has 2 aliphatic rings. The van der Waals surface area contributed by atoms with Crippen molar-refractivity contribution in [1.29, 1.82) is 0 Å². The Balaban J connectivity index is 1.95. The highest BCUT2D eigenvalue weighted by Crippen LogP contribution is 2.40. The third-order valence-corrected chi connectivity index (χ3v) is 3.53. The van der Waals surface area contributed by atoms with E-state index in [1.807, 2.05) is 0 Å². The summed E-state index contributed by atoms with van der Waals surface area (Å²) in [6, 6.07) is 4.21. The molecule has 1 heterocycles. The molecule has 1 aromatic rings. The summed E-state index contributed by atoms with van der Waals surface area (Å²) in [5, 5.41) is 0. The summed E-state index contributed by atoms with van der Waals surface area (Å²) < 4.78 is 11.0. The van der Waals surface area contributed by atoms with E-state index in [4.69, 9.17) is 15.2 Å². The molecular weight excluding hydrogens is 202 g/mol. The smallest absolute Gasteiger partial charge is 0.123 e.